The molecule has 0 saturated heterocycles. The van der Waals surface area contributed by atoms with E-state index < -0.39 is 6.10 Å². The van der Waals surface area contributed by atoms with Crippen LogP contribution in [0.25, 0.3) is 0 Å². The lowest BCUT2D eigenvalue weighted by Crippen LogP contribution is -2.44. The first-order valence-electron chi connectivity index (χ1n) is 6.28. The Morgan fingerprint density at radius 3 is 2.84 bits per heavy atom. The Morgan fingerprint density at radius 2 is 2.26 bits per heavy atom. The van der Waals surface area contributed by atoms with Gasteiger partial charge in [-0.1, -0.05) is 0 Å². The summed E-state index contributed by atoms with van der Waals surface area (Å²) in [6.07, 6.45) is 0.137. The standard InChI is InChI=1S/C13H22N2O3S/c1-9(6-12-5-4-10(2)19-12)15-13(17)14-7-11(16)8-18-3/h4-5,9,11,16H,6-8H2,1-3H3,(H2,14,15,17). The third-order valence-corrected chi connectivity index (χ3v) is 3.56. The van der Waals surface area contributed by atoms with Gasteiger partial charge in [0.1, 0.15) is 0 Å². The lowest BCUT2D eigenvalue weighted by atomic mass is 10.2. The van der Waals surface area contributed by atoms with Crippen molar-refractivity contribution in [3.05, 3.63) is 21.9 Å². The lowest BCUT2D eigenvalue weighted by Gasteiger charge is -2.15. The second kappa shape index (κ2) is 8.14. The Bertz CT molecular complexity index is 395. The Balaban J connectivity index is 2.24. The van der Waals surface area contributed by atoms with Gasteiger partial charge in [0.05, 0.1) is 12.7 Å². The number of ether oxygens (including phenoxy) is 1. The summed E-state index contributed by atoms with van der Waals surface area (Å²) in [4.78, 5) is 14.1. The number of hydrogen-bond acceptors (Lipinski definition) is 4. The summed E-state index contributed by atoms with van der Waals surface area (Å²) < 4.78 is 4.78. The molecule has 1 heterocycles. The van der Waals surface area contributed by atoms with Crippen molar-refractivity contribution in [2.24, 2.45) is 0 Å². The number of thiophene rings is 1. The quantitative estimate of drug-likeness (QED) is 0.707. The van der Waals surface area contributed by atoms with Crippen LogP contribution in [0.3, 0.4) is 0 Å². The molecule has 0 radical (unpaired) electrons. The third-order valence-electron chi connectivity index (χ3n) is 2.54. The van der Waals surface area contributed by atoms with Gasteiger partial charge in [0, 0.05) is 35.9 Å². The maximum absolute atomic E-state index is 11.6. The van der Waals surface area contributed by atoms with Crippen molar-refractivity contribution in [1.29, 1.82) is 0 Å². The van der Waals surface area contributed by atoms with Crippen LogP contribution in [0.5, 0.6) is 0 Å². The van der Waals surface area contributed by atoms with Crippen molar-refractivity contribution in [1.82, 2.24) is 10.6 Å². The fraction of sp³-hybridized carbons (Fsp3) is 0.615. The summed E-state index contributed by atoms with van der Waals surface area (Å²) in [6, 6.07) is 3.94. The van der Waals surface area contributed by atoms with Gasteiger partial charge in [0.25, 0.3) is 0 Å². The highest BCUT2D eigenvalue weighted by molar-refractivity contribution is 7.11. The zero-order chi connectivity index (χ0) is 14.3. The number of aliphatic hydroxyl groups is 1. The van der Waals surface area contributed by atoms with Gasteiger partial charge in [-0.15, -0.1) is 11.3 Å². The minimum Gasteiger partial charge on any atom is -0.389 e. The Labute approximate surface area is 118 Å². The molecule has 2 amide bonds. The van der Waals surface area contributed by atoms with E-state index in [2.05, 4.69) is 29.7 Å². The topological polar surface area (TPSA) is 70.6 Å². The highest BCUT2D eigenvalue weighted by atomic mass is 32.1. The molecule has 3 N–H and O–H groups in total. The molecule has 1 aromatic heterocycles. The van der Waals surface area contributed by atoms with Crippen LogP contribution in [0, 0.1) is 6.92 Å². The van der Waals surface area contributed by atoms with Crippen LogP contribution in [-0.4, -0.2) is 43.5 Å². The van der Waals surface area contributed by atoms with Crippen LogP contribution >= 0.6 is 11.3 Å². The number of nitrogens with one attached hydrogen (secondary N) is 2. The van der Waals surface area contributed by atoms with Gasteiger partial charge < -0.3 is 20.5 Å². The summed E-state index contributed by atoms with van der Waals surface area (Å²) in [5.74, 6) is 0. The van der Waals surface area contributed by atoms with E-state index in [1.54, 1.807) is 11.3 Å². The molecule has 19 heavy (non-hydrogen) atoms. The predicted octanol–water partition coefficient (Wildman–Crippen LogP) is 1.29. The zero-order valence-corrected chi connectivity index (χ0v) is 12.4. The van der Waals surface area contributed by atoms with Gasteiger partial charge in [0.2, 0.25) is 0 Å². The third kappa shape index (κ3) is 6.56. The van der Waals surface area contributed by atoms with Crippen LogP contribution in [0.4, 0.5) is 4.79 Å². The molecule has 0 saturated carbocycles. The smallest absolute Gasteiger partial charge is 0.315 e. The predicted molar refractivity (Wildman–Crippen MR) is 76.6 cm³/mol. The van der Waals surface area contributed by atoms with Crippen molar-refractivity contribution in [2.45, 2.75) is 32.4 Å². The summed E-state index contributed by atoms with van der Waals surface area (Å²) >= 11 is 1.74. The number of rotatable bonds is 7. The Morgan fingerprint density at radius 1 is 1.53 bits per heavy atom. The number of aryl methyl sites for hydroxylation is 1. The lowest BCUT2D eigenvalue weighted by molar-refractivity contribution is 0.0659. The SMILES string of the molecule is COCC(O)CNC(=O)NC(C)Cc1ccc(C)s1. The normalized spacial score (nSPS) is 13.9. The molecule has 0 fully saturated rings. The molecule has 2 unspecified atom stereocenters. The number of amides is 2. The molecule has 2 atom stereocenters. The minimum atomic E-state index is -0.675. The van der Waals surface area contributed by atoms with Crippen LogP contribution < -0.4 is 10.6 Å². The molecule has 1 rings (SSSR count). The van der Waals surface area contributed by atoms with E-state index in [0.717, 1.165) is 6.42 Å². The van der Waals surface area contributed by atoms with E-state index in [1.165, 1.54) is 16.9 Å². The van der Waals surface area contributed by atoms with Gasteiger partial charge in [0.15, 0.2) is 0 Å². The van der Waals surface area contributed by atoms with E-state index in [0.29, 0.717) is 0 Å². The molecule has 0 spiro atoms. The molecule has 108 valence electrons. The summed E-state index contributed by atoms with van der Waals surface area (Å²) in [5.41, 5.74) is 0. The van der Waals surface area contributed by atoms with Crippen LogP contribution in [0.1, 0.15) is 16.7 Å². The van der Waals surface area contributed by atoms with Crippen molar-refractivity contribution in [3.8, 4) is 0 Å². The van der Waals surface area contributed by atoms with Crippen molar-refractivity contribution in [3.63, 3.8) is 0 Å². The number of hydrogen-bond donors (Lipinski definition) is 3. The van der Waals surface area contributed by atoms with Gasteiger partial charge >= 0.3 is 6.03 Å². The Hall–Kier alpha value is -1.11. The summed E-state index contributed by atoms with van der Waals surface area (Å²) in [6.45, 7) is 4.42. The minimum absolute atomic E-state index is 0.0533. The monoisotopic (exact) mass is 286 g/mol. The first kappa shape index (κ1) is 15.9. The highest BCUT2D eigenvalue weighted by Gasteiger charge is 2.10. The largest absolute Gasteiger partial charge is 0.389 e. The molecule has 0 aromatic carbocycles. The highest BCUT2D eigenvalue weighted by Crippen LogP contribution is 2.16. The van der Waals surface area contributed by atoms with Gasteiger partial charge in [-0.2, -0.15) is 0 Å². The maximum atomic E-state index is 11.6. The number of carbonyl (C=O) groups is 1. The molecule has 1 aromatic rings. The fourth-order valence-electron chi connectivity index (χ4n) is 1.68. The Kier molecular flexibility index (Phi) is 6.83. The van der Waals surface area contributed by atoms with Crippen LogP contribution in [-0.2, 0) is 11.2 Å². The van der Waals surface area contributed by atoms with Gasteiger partial charge in [-0.05, 0) is 26.0 Å². The van der Waals surface area contributed by atoms with E-state index in [-0.39, 0.29) is 25.2 Å². The number of methoxy groups -OCH3 is 1. The molecule has 6 heteroatoms. The van der Waals surface area contributed by atoms with Crippen LogP contribution in [0.2, 0.25) is 0 Å². The average molecular weight is 286 g/mol. The molecule has 0 aliphatic rings. The van der Waals surface area contributed by atoms with E-state index >= 15 is 0 Å². The van der Waals surface area contributed by atoms with E-state index in [4.69, 9.17) is 4.74 Å². The van der Waals surface area contributed by atoms with Gasteiger partial charge in [-0.25, -0.2) is 4.79 Å². The zero-order valence-electron chi connectivity index (χ0n) is 11.6. The van der Waals surface area contributed by atoms with Gasteiger partial charge in [-0.3, -0.25) is 0 Å². The van der Waals surface area contributed by atoms with E-state index in [9.17, 15) is 9.90 Å². The molecular weight excluding hydrogens is 264 g/mol. The molecule has 0 aliphatic heterocycles. The fourth-order valence-corrected chi connectivity index (χ4v) is 2.70. The molecule has 0 bridgehead atoms. The first-order chi connectivity index (χ1) is 9.01. The molecular formula is C13H22N2O3S. The number of aliphatic hydroxyl groups excluding tert-OH is 1. The summed E-state index contributed by atoms with van der Waals surface area (Å²) in [7, 11) is 1.51. The molecule has 0 aliphatic carbocycles. The maximum Gasteiger partial charge on any atom is 0.315 e. The van der Waals surface area contributed by atoms with Crippen molar-refractivity contribution in [2.75, 3.05) is 20.3 Å². The average Bonchev–Trinajstić information content (AvgIpc) is 2.72. The first-order valence-corrected chi connectivity index (χ1v) is 7.09. The van der Waals surface area contributed by atoms with E-state index in [1.807, 2.05) is 6.92 Å². The van der Waals surface area contributed by atoms with Crippen molar-refractivity contribution < 1.29 is 14.6 Å². The second-order valence-corrected chi connectivity index (χ2v) is 5.95. The van der Waals surface area contributed by atoms with Crippen molar-refractivity contribution >= 4 is 17.4 Å². The molecule has 5 nitrogen and oxygen atoms in total. The summed E-state index contributed by atoms with van der Waals surface area (Å²) in [5, 5.41) is 14.9. The number of urea groups is 1. The number of carbonyl (C=O) groups excluding carboxylic acids is 1. The second-order valence-electron chi connectivity index (χ2n) is 4.58. The van der Waals surface area contributed by atoms with Crippen LogP contribution in [0.15, 0.2) is 12.1 Å².